The summed E-state index contributed by atoms with van der Waals surface area (Å²) in [4.78, 5) is 26.4. The Labute approximate surface area is 169 Å². The number of amides is 2. The smallest absolute Gasteiger partial charge is 0.242 e. The number of hydrogen-bond acceptors (Lipinski definition) is 4. The molecule has 0 heterocycles. The second-order valence-corrected chi connectivity index (χ2v) is 7.26. The Hall–Kier alpha value is -2.54. The molecule has 0 spiro atoms. The number of likely N-dealkylation sites (N-methyl/N-ethyl adjacent to an activating group) is 1. The molecule has 0 aliphatic heterocycles. The third-order valence-corrected chi connectivity index (χ3v) is 5.32. The highest BCUT2D eigenvalue weighted by Gasteiger charge is 2.25. The Morgan fingerprint density at radius 2 is 1.71 bits per heavy atom. The van der Waals surface area contributed by atoms with Gasteiger partial charge in [0.1, 0.15) is 17.6 Å². The number of carbonyl (C=O) groups is 2. The van der Waals surface area contributed by atoms with Crippen LogP contribution in [-0.4, -0.2) is 42.7 Å². The normalized spacial score (nSPS) is 11.6. The van der Waals surface area contributed by atoms with Gasteiger partial charge in [0, 0.05) is 19.3 Å². The van der Waals surface area contributed by atoms with Crippen molar-refractivity contribution in [2.75, 3.05) is 19.9 Å². The van der Waals surface area contributed by atoms with E-state index in [1.54, 1.807) is 26.2 Å². The maximum Gasteiger partial charge on any atom is 0.242 e. The zero-order valence-electron chi connectivity index (χ0n) is 16.3. The van der Waals surface area contributed by atoms with E-state index in [1.165, 1.54) is 35.8 Å². The van der Waals surface area contributed by atoms with Crippen LogP contribution >= 0.6 is 11.8 Å². The van der Waals surface area contributed by atoms with E-state index < -0.39 is 6.04 Å². The van der Waals surface area contributed by atoms with Crippen LogP contribution in [-0.2, 0) is 21.9 Å². The quantitative estimate of drug-likeness (QED) is 0.697. The Bertz CT molecular complexity index is 781. The lowest BCUT2D eigenvalue weighted by atomic mass is 10.1. The summed E-state index contributed by atoms with van der Waals surface area (Å²) in [5.41, 5.74) is 1.86. The predicted molar refractivity (Wildman–Crippen MR) is 110 cm³/mol. The van der Waals surface area contributed by atoms with Crippen LogP contribution in [0.4, 0.5) is 4.39 Å². The van der Waals surface area contributed by atoms with Gasteiger partial charge in [0.05, 0.1) is 12.9 Å². The lowest BCUT2D eigenvalue weighted by Crippen LogP contribution is -2.47. The number of benzene rings is 2. The lowest BCUT2D eigenvalue weighted by Gasteiger charge is -2.28. The standard InChI is InChI=1S/C21H25FN2O3S/c1-15(21(26)23-2)24(12-16-4-8-18(22)9-5-16)20(25)14-28-13-17-6-10-19(27-3)11-7-17/h4-11,15H,12-14H2,1-3H3,(H,23,26)/t15-/m1/s1. The first-order chi connectivity index (χ1) is 13.4. The second-order valence-electron chi connectivity index (χ2n) is 6.28. The summed E-state index contributed by atoms with van der Waals surface area (Å²) in [5, 5.41) is 2.58. The highest BCUT2D eigenvalue weighted by molar-refractivity contribution is 7.99. The van der Waals surface area contributed by atoms with Crippen molar-refractivity contribution in [1.29, 1.82) is 0 Å². The van der Waals surface area contributed by atoms with Crippen molar-refractivity contribution in [3.63, 3.8) is 0 Å². The molecule has 0 aromatic heterocycles. The van der Waals surface area contributed by atoms with E-state index in [1.807, 2.05) is 24.3 Å². The number of hydrogen-bond donors (Lipinski definition) is 1. The molecule has 28 heavy (non-hydrogen) atoms. The van der Waals surface area contributed by atoms with E-state index >= 15 is 0 Å². The number of methoxy groups -OCH3 is 1. The Morgan fingerprint density at radius 3 is 2.29 bits per heavy atom. The van der Waals surface area contributed by atoms with Gasteiger partial charge in [-0.1, -0.05) is 24.3 Å². The first kappa shape index (κ1) is 21.8. The summed E-state index contributed by atoms with van der Waals surface area (Å²) in [5.74, 6) is 0.989. The van der Waals surface area contributed by atoms with Crippen LogP contribution in [0.1, 0.15) is 18.1 Å². The summed E-state index contributed by atoms with van der Waals surface area (Å²) >= 11 is 1.48. The molecule has 5 nitrogen and oxygen atoms in total. The Morgan fingerprint density at radius 1 is 1.11 bits per heavy atom. The van der Waals surface area contributed by atoms with Crippen molar-refractivity contribution in [2.24, 2.45) is 0 Å². The van der Waals surface area contributed by atoms with Gasteiger partial charge < -0.3 is 15.0 Å². The van der Waals surface area contributed by atoms with Crippen molar-refractivity contribution in [2.45, 2.75) is 25.3 Å². The SMILES string of the molecule is CNC(=O)[C@@H](C)N(Cc1ccc(F)cc1)C(=O)CSCc1ccc(OC)cc1. The van der Waals surface area contributed by atoms with Crippen LogP contribution in [0, 0.1) is 5.82 Å². The Balaban J connectivity index is 2.00. The van der Waals surface area contributed by atoms with Gasteiger partial charge in [0.25, 0.3) is 0 Å². The fourth-order valence-corrected chi connectivity index (χ4v) is 3.51. The summed E-state index contributed by atoms with van der Waals surface area (Å²) in [6, 6.07) is 13.0. The average molecular weight is 405 g/mol. The summed E-state index contributed by atoms with van der Waals surface area (Å²) in [6.07, 6.45) is 0. The van der Waals surface area contributed by atoms with Gasteiger partial charge in [-0.05, 0) is 42.3 Å². The van der Waals surface area contributed by atoms with Gasteiger partial charge in [0.2, 0.25) is 11.8 Å². The molecule has 1 N–H and O–H groups in total. The predicted octanol–water partition coefficient (Wildman–Crippen LogP) is 3.23. The number of ether oxygens (including phenoxy) is 1. The molecule has 0 aliphatic rings. The molecular formula is C21H25FN2O3S. The van der Waals surface area contributed by atoms with Crippen molar-refractivity contribution in [3.8, 4) is 5.75 Å². The van der Waals surface area contributed by atoms with Gasteiger partial charge in [-0.25, -0.2) is 4.39 Å². The summed E-state index contributed by atoms with van der Waals surface area (Å²) < 4.78 is 18.3. The zero-order valence-corrected chi connectivity index (χ0v) is 17.1. The number of nitrogens with zero attached hydrogens (tertiary/aromatic N) is 1. The van der Waals surface area contributed by atoms with E-state index in [0.717, 1.165) is 16.9 Å². The average Bonchev–Trinajstić information content (AvgIpc) is 2.72. The van der Waals surface area contributed by atoms with Crippen molar-refractivity contribution >= 4 is 23.6 Å². The minimum atomic E-state index is -0.621. The van der Waals surface area contributed by atoms with Crippen LogP contribution < -0.4 is 10.1 Å². The van der Waals surface area contributed by atoms with Gasteiger partial charge in [-0.2, -0.15) is 0 Å². The molecule has 2 amide bonds. The highest BCUT2D eigenvalue weighted by Crippen LogP contribution is 2.18. The van der Waals surface area contributed by atoms with Crippen LogP contribution in [0.5, 0.6) is 5.75 Å². The molecule has 150 valence electrons. The molecule has 0 unspecified atom stereocenters. The third-order valence-electron chi connectivity index (χ3n) is 4.33. The molecule has 2 rings (SSSR count). The highest BCUT2D eigenvalue weighted by atomic mass is 32.2. The van der Waals surface area contributed by atoms with Crippen LogP contribution in [0.15, 0.2) is 48.5 Å². The van der Waals surface area contributed by atoms with Gasteiger partial charge in [0.15, 0.2) is 0 Å². The molecule has 0 aliphatic carbocycles. The van der Waals surface area contributed by atoms with Gasteiger partial charge >= 0.3 is 0 Å². The molecule has 2 aromatic rings. The topological polar surface area (TPSA) is 58.6 Å². The van der Waals surface area contributed by atoms with E-state index in [9.17, 15) is 14.0 Å². The molecule has 0 saturated carbocycles. The number of carbonyl (C=O) groups excluding carboxylic acids is 2. The maximum atomic E-state index is 13.1. The zero-order chi connectivity index (χ0) is 20.5. The lowest BCUT2D eigenvalue weighted by molar-refractivity contribution is -0.138. The molecular weight excluding hydrogens is 379 g/mol. The van der Waals surface area contributed by atoms with E-state index in [2.05, 4.69) is 5.32 Å². The van der Waals surface area contributed by atoms with E-state index in [4.69, 9.17) is 4.74 Å². The van der Waals surface area contributed by atoms with Crippen molar-refractivity contribution in [3.05, 3.63) is 65.5 Å². The Kier molecular flexibility index (Phi) is 8.32. The van der Waals surface area contributed by atoms with Crippen LogP contribution in [0.3, 0.4) is 0 Å². The number of rotatable bonds is 9. The third kappa shape index (κ3) is 6.27. The van der Waals surface area contributed by atoms with Crippen LogP contribution in [0.25, 0.3) is 0 Å². The van der Waals surface area contributed by atoms with E-state index in [0.29, 0.717) is 5.75 Å². The molecule has 0 fully saturated rings. The minimum absolute atomic E-state index is 0.140. The summed E-state index contributed by atoms with van der Waals surface area (Å²) in [6.45, 7) is 1.94. The maximum absolute atomic E-state index is 13.1. The molecule has 2 aromatic carbocycles. The molecule has 1 atom stereocenters. The number of thioether (sulfide) groups is 1. The largest absolute Gasteiger partial charge is 0.497 e. The van der Waals surface area contributed by atoms with Crippen LogP contribution in [0.2, 0.25) is 0 Å². The van der Waals surface area contributed by atoms with Crippen molar-refractivity contribution < 1.29 is 18.7 Å². The van der Waals surface area contributed by atoms with Gasteiger partial charge in [-0.15, -0.1) is 11.8 Å². The number of nitrogens with one attached hydrogen (secondary N) is 1. The molecule has 0 bridgehead atoms. The molecule has 0 saturated heterocycles. The number of halogens is 1. The fraction of sp³-hybridized carbons (Fsp3) is 0.333. The first-order valence-electron chi connectivity index (χ1n) is 8.90. The van der Waals surface area contributed by atoms with E-state index in [-0.39, 0.29) is 29.9 Å². The first-order valence-corrected chi connectivity index (χ1v) is 10.1. The summed E-state index contributed by atoms with van der Waals surface area (Å²) in [7, 11) is 3.16. The van der Waals surface area contributed by atoms with Gasteiger partial charge in [-0.3, -0.25) is 9.59 Å². The molecule has 0 radical (unpaired) electrons. The minimum Gasteiger partial charge on any atom is -0.497 e. The second kappa shape index (κ2) is 10.7. The molecule has 7 heteroatoms. The van der Waals surface area contributed by atoms with Crippen molar-refractivity contribution in [1.82, 2.24) is 10.2 Å². The monoisotopic (exact) mass is 404 g/mol. The fourth-order valence-electron chi connectivity index (χ4n) is 2.64.